The van der Waals surface area contributed by atoms with Gasteiger partial charge >= 0.3 is 5.69 Å². The van der Waals surface area contributed by atoms with E-state index in [2.05, 4.69) is 4.98 Å². The summed E-state index contributed by atoms with van der Waals surface area (Å²) in [5.41, 5.74) is 1.12. The molecule has 0 amide bonds. The fourth-order valence-electron chi connectivity index (χ4n) is 5.51. The molecule has 1 N–H and O–H groups in total. The Labute approximate surface area is 237 Å². The van der Waals surface area contributed by atoms with Crippen LogP contribution in [0.2, 0.25) is 0 Å². The number of para-hydroxylation sites is 2. The normalized spacial score (nSPS) is 21.7. The molecule has 1 aromatic heterocycles. The van der Waals surface area contributed by atoms with E-state index in [0.717, 1.165) is 16.7 Å². The van der Waals surface area contributed by atoms with Crippen molar-refractivity contribution in [3.63, 3.8) is 0 Å². The van der Waals surface area contributed by atoms with Crippen molar-refractivity contribution in [1.29, 1.82) is 0 Å². The molecule has 2 aliphatic rings. The second-order valence-corrected chi connectivity index (χ2v) is 12.3. The van der Waals surface area contributed by atoms with Crippen molar-refractivity contribution >= 4 is 18.7 Å². The van der Waals surface area contributed by atoms with Crippen molar-refractivity contribution in [1.82, 2.24) is 9.55 Å². The Morgan fingerprint density at radius 3 is 2.27 bits per heavy atom. The van der Waals surface area contributed by atoms with Crippen LogP contribution in [0, 0.1) is 6.92 Å². The molecule has 3 aromatic carbocycles. The summed E-state index contributed by atoms with van der Waals surface area (Å²) < 4.78 is 27.2. The van der Waals surface area contributed by atoms with Crippen LogP contribution in [-0.2, 0) is 19.6 Å². The van der Waals surface area contributed by atoms with Gasteiger partial charge in [0.05, 0.1) is 12.7 Å². The maximum absolute atomic E-state index is 12.7. The largest absolute Gasteiger partial charge is 0.457 e. The van der Waals surface area contributed by atoms with E-state index in [1.807, 2.05) is 78.9 Å². The molecular formula is C30H28ClN2O6P. The van der Waals surface area contributed by atoms with Gasteiger partial charge < -0.3 is 18.7 Å². The van der Waals surface area contributed by atoms with Gasteiger partial charge in [0.15, 0.2) is 5.60 Å². The van der Waals surface area contributed by atoms with Crippen molar-refractivity contribution in [3.8, 4) is 11.5 Å². The van der Waals surface area contributed by atoms with Crippen molar-refractivity contribution in [2.45, 2.75) is 37.4 Å². The minimum absolute atomic E-state index is 0.135. The molecule has 1 fully saturated rings. The standard InChI is InChI=1S/C30H28ClN2O6P/c1-19-17-33(29(35)32-28(19)34)27-16-25(39-40(2)31)26(38-27)18-36-30(20-10-4-3-5-11-20)21-12-6-8-14-23(21)37-24-15-9-7-13-22(24)30/h3-15,17,25-27H,16,18H2,1-2H3,(H,32,34,35)/t25-,26+,27+,40?/m0/s1. The van der Waals surface area contributed by atoms with Gasteiger partial charge in [-0.25, -0.2) is 4.79 Å². The smallest absolute Gasteiger partial charge is 0.330 e. The fourth-order valence-corrected chi connectivity index (χ4v) is 6.41. The van der Waals surface area contributed by atoms with Crippen LogP contribution in [-0.4, -0.2) is 35.0 Å². The Balaban J connectivity index is 1.41. The van der Waals surface area contributed by atoms with Gasteiger partial charge in [0, 0.05) is 29.3 Å². The number of nitrogens with zero attached hydrogens (tertiary/aromatic N) is 1. The summed E-state index contributed by atoms with van der Waals surface area (Å²) in [6.45, 7) is 3.58. The van der Waals surface area contributed by atoms with Crippen molar-refractivity contribution in [2.24, 2.45) is 0 Å². The molecule has 40 heavy (non-hydrogen) atoms. The van der Waals surface area contributed by atoms with Crippen LogP contribution in [0.15, 0.2) is 94.6 Å². The van der Waals surface area contributed by atoms with E-state index in [4.69, 9.17) is 30.0 Å². The average Bonchev–Trinajstić information content (AvgIpc) is 3.35. The number of H-pyrrole nitrogens is 1. The zero-order valence-electron chi connectivity index (χ0n) is 22.0. The summed E-state index contributed by atoms with van der Waals surface area (Å²) in [5, 5.41) is 0. The Morgan fingerprint density at radius 2 is 1.62 bits per heavy atom. The first kappa shape index (κ1) is 26.9. The number of aryl methyl sites for hydroxylation is 1. The van der Waals surface area contributed by atoms with E-state index in [1.54, 1.807) is 13.6 Å². The van der Waals surface area contributed by atoms with E-state index in [1.165, 1.54) is 10.8 Å². The number of hydrogen-bond acceptors (Lipinski definition) is 6. The molecule has 0 spiro atoms. The van der Waals surface area contributed by atoms with Gasteiger partial charge in [0.1, 0.15) is 31.3 Å². The van der Waals surface area contributed by atoms with Crippen LogP contribution in [0.5, 0.6) is 11.5 Å². The molecule has 1 unspecified atom stereocenters. The lowest BCUT2D eigenvalue weighted by molar-refractivity contribution is -0.0924. The molecule has 0 aliphatic carbocycles. The molecular weight excluding hydrogens is 551 g/mol. The van der Waals surface area contributed by atoms with E-state index >= 15 is 0 Å². The minimum atomic E-state index is -1.24. The summed E-state index contributed by atoms with van der Waals surface area (Å²) >= 11 is 6.31. The summed E-state index contributed by atoms with van der Waals surface area (Å²) in [5.74, 6) is 1.41. The summed E-state index contributed by atoms with van der Waals surface area (Å²) in [7, 11) is -1.24. The molecule has 10 heteroatoms. The highest BCUT2D eigenvalue weighted by atomic mass is 35.7. The lowest BCUT2D eigenvalue weighted by Gasteiger charge is -2.41. The third-order valence-electron chi connectivity index (χ3n) is 7.31. The summed E-state index contributed by atoms with van der Waals surface area (Å²) in [6, 6.07) is 25.7. The first-order chi connectivity index (χ1) is 19.4. The molecule has 0 radical (unpaired) electrons. The van der Waals surface area contributed by atoms with Gasteiger partial charge in [0.2, 0.25) is 0 Å². The number of aromatic amines is 1. The highest BCUT2D eigenvalue weighted by Gasteiger charge is 2.47. The quantitative estimate of drug-likeness (QED) is 0.278. The van der Waals surface area contributed by atoms with E-state index in [-0.39, 0.29) is 6.61 Å². The average molecular weight is 579 g/mol. The number of rotatable bonds is 7. The van der Waals surface area contributed by atoms with Crippen LogP contribution in [0.3, 0.4) is 0 Å². The molecule has 206 valence electrons. The molecule has 3 heterocycles. The predicted molar refractivity (Wildman–Crippen MR) is 153 cm³/mol. The van der Waals surface area contributed by atoms with Crippen molar-refractivity contribution in [3.05, 3.63) is 128 Å². The number of nitrogens with one attached hydrogen (secondary N) is 1. The van der Waals surface area contributed by atoms with E-state index in [0.29, 0.717) is 23.5 Å². The van der Waals surface area contributed by atoms with Gasteiger partial charge in [-0.3, -0.25) is 14.3 Å². The maximum Gasteiger partial charge on any atom is 0.330 e. The molecule has 4 aromatic rings. The van der Waals surface area contributed by atoms with E-state index < -0.39 is 42.8 Å². The first-order valence-corrected chi connectivity index (χ1v) is 15.6. The van der Waals surface area contributed by atoms with Crippen LogP contribution in [0.1, 0.15) is 34.9 Å². The maximum atomic E-state index is 12.7. The molecule has 2 aliphatic heterocycles. The SMILES string of the molecule is Cc1cn([C@H]2C[C@H](OP(C)Cl)[C@@H](COC3(c4ccccc4)c4ccccc4Oc4ccccc43)O2)c(=O)[nH]c1=O. The van der Waals surface area contributed by atoms with E-state index in [9.17, 15) is 9.59 Å². The topological polar surface area (TPSA) is 91.8 Å². The van der Waals surface area contributed by atoms with Crippen LogP contribution >= 0.6 is 18.7 Å². The second kappa shape index (κ2) is 11.0. The zero-order chi connectivity index (χ0) is 27.9. The van der Waals surface area contributed by atoms with Gasteiger partial charge in [-0.1, -0.05) is 78.0 Å². The monoisotopic (exact) mass is 578 g/mol. The van der Waals surface area contributed by atoms with Crippen LogP contribution in [0.25, 0.3) is 0 Å². The second-order valence-electron chi connectivity index (χ2n) is 9.86. The van der Waals surface area contributed by atoms with Crippen LogP contribution in [0.4, 0.5) is 0 Å². The zero-order valence-corrected chi connectivity index (χ0v) is 23.6. The molecule has 1 saturated heterocycles. The predicted octanol–water partition coefficient (Wildman–Crippen LogP) is 5.81. The lowest BCUT2D eigenvalue weighted by atomic mass is 9.77. The fraction of sp³-hybridized carbons (Fsp3) is 0.267. The molecule has 6 rings (SSSR count). The molecule has 4 atom stereocenters. The Morgan fingerprint density at radius 1 is 1.00 bits per heavy atom. The number of hydrogen-bond donors (Lipinski definition) is 1. The minimum Gasteiger partial charge on any atom is -0.457 e. The number of benzene rings is 3. The number of halogens is 1. The summed E-state index contributed by atoms with van der Waals surface area (Å²) in [6.07, 6.45) is 0.243. The third-order valence-corrected chi connectivity index (χ3v) is 8.11. The Bertz CT molecular complexity index is 1590. The third kappa shape index (κ3) is 4.80. The van der Waals surface area contributed by atoms with Crippen molar-refractivity contribution < 1.29 is 18.7 Å². The van der Waals surface area contributed by atoms with Gasteiger partial charge in [-0.15, -0.1) is 0 Å². The summed E-state index contributed by atoms with van der Waals surface area (Å²) in [4.78, 5) is 27.0. The number of fused-ring (bicyclic) bond motifs is 2. The van der Waals surface area contributed by atoms with Crippen molar-refractivity contribution in [2.75, 3.05) is 13.3 Å². The number of ether oxygens (including phenoxy) is 3. The lowest BCUT2D eigenvalue weighted by Crippen LogP contribution is -2.40. The highest BCUT2D eigenvalue weighted by molar-refractivity contribution is 7.79. The van der Waals surface area contributed by atoms with Crippen LogP contribution < -0.4 is 16.0 Å². The van der Waals surface area contributed by atoms with Gasteiger partial charge in [-0.2, -0.15) is 0 Å². The Hall–Kier alpha value is -3.26. The first-order valence-electron chi connectivity index (χ1n) is 13.0. The number of aromatic nitrogens is 2. The molecule has 0 bridgehead atoms. The van der Waals surface area contributed by atoms with Gasteiger partial charge in [-0.05, 0) is 31.3 Å². The molecule has 8 nitrogen and oxygen atoms in total. The highest BCUT2D eigenvalue weighted by Crippen LogP contribution is 2.53. The van der Waals surface area contributed by atoms with Gasteiger partial charge in [0.25, 0.3) is 5.56 Å². The molecule has 0 saturated carbocycles. The Kier molecular flexibility index (Phi) is 7.38.